The van der Waals surface area contributed by atoms with Gasteiger partial charge >= 0.3 is 0 Å². The molecule has 0 aromatic heterocycles. The Labute approximate surface area is 123 Å². The lowest BCUT2D eigenvalue weighted by Gasteiger charge is -2.33. The normalized spacial score (nSPS) is 35.0. The van der Waals surface area contributed by atoms with Gasteiger partial charge in [-0.3, -0.25) is 4.79 Å². The van der Waals surface area contributed by atoms with E-state index in [0.717, 1.165) is 19.3 Å². The van der Waals surface area contributed by atoms with E-state index in [-0.39, 0.29) is 18.4 Å². The van der Waals surface area contributed by atoms with E-state index in [1.165, 1.54) is 25.7 Å². The molecule has 0 aromatic carbocycles. The van der Waals surface area contributed by atoms with Gasteiger partial charge in [-0.25, -0.2) is 0 Å². The first-order valence-corrected chi connectivity index (χ1v) is 7.70. The molecule has 4 unspecified atom stereocenters. The summed E-state index contributed by atoms with van der Waals surface area (Å²) in [5.74, 6) is 0.783. The standard InChI is InChI=1S/C15H28N2O.ClH/c1-3-13-9-8-11(2)17(13)15(18)10-12-6-4-5-7-14(12)16;/h11-14H,3-10,16H2,1-2H3;1H. The van der Waals surface area contributed by atoms with Gasteiger partial charge < -0.3 is 10.6 Å². The first-order valence-electron chi connectivity index (χ1n) is 7.70. The maximum atomic E-state index is 12.5. The van der Waals surface area contributed by atoms with Crippen LogP contribution in [0.4, 0.5) is 0 Å². The van der Waals surface area contributed by atoms with Gasteiger partial charge in [0.25, 0.3) is 0 Å². The van der Waals surface area contributed by atoms with Crippen LogP contribution in [0.25, 0.3) is 0 Å². The third kappa shape index (κ3) is 3.85. The molecule has 112 valence electrons. The molecule has 0 spiro atoms. The molecule has 3 nitrogen and oxygen atoms in total. The molecular formula is C15H29ClN2O. The van der Waals surface area contributed by atoms with E-state index in [1.807, 2.05) is 0 Å². The summed E-state index contributed by atoms with van der Waals surface area (Å²) in [6.45, 7) is 4.38. The maximum Gasteiger partial charge on any atom is 0.223 e. The van der Waals surface area contributed by atoms with Crippen molar-refractivity contribution in [1.29, 1.82) is 0 Å². The van der Waals surface area contributed by atoms with E-state index < -0.39 is 0 Å². The topological polar surface area (TPSA) is 46.3 Å². The molecule has 0 aromatic rings. The number of likely N-dealkylation sites (tertiary alicyclic amines) is 1. The first kappa shape index (κ1) is 16.8. The number of carbonyl (C=O) groups is 1. The van der Waals surface area contributed by atoms with Crippen LogP contribution in [0.5, 0.6) is 0 Å². The first-order chi connectivity index (χ1) is 8.63. The van der Waals surface area contributed by atoms with Gasteiger partial charge in [0.15, 0.2) is 0 Å². The molecule has 2 aliphatic rings. The quantitative estimate of drug-likeness (QED) is 0.867. The minimum atomic E-state index is 0. The van der Waals surface area contributed by atoms with Gasteiger partial charge in [0.2, 0.25) is 5.91 Å². The van der Waals surface area contributed by atoms with Gasteiger partial charge in [-0.1, -0.05) is 19.8 Å². The lowest BCUT2D eigenvalue weighted by molar-refractivity contribution is -0.135. The molecule has 1 aliphatic heterocycles. The average molecular weight is 289 g/mol. The smallest absolute Gasteiger partial charge is 0.223 e. The summed E-state index contributed by atoms with van der Waals surface area (Å²) >= 11 is 0. The number of rotatable bonds is 3. The highest BCUT2D eigenvalue weighted by Gasteiger charge is 2.35. The molecule has 19 heavy (non-hydrogen) atoms. The van der Waals surface area contributed by atoms with E-state index in [1.54, 1.807) is 0 Å². The van der Waals surface area contributed by atoms with E-state index in [2.05, 4.69) is 18.7 Å². The molecule has 4 heteroatoms. The van der Waals surface area contributed by atoms with Crippen LogP contribution in [0.2, 0.25) is 0 Å². The molecule has 0 radical (unpaired) electrons. The van der Waals surface area contributed by atoms with Crippen LogP contribution in [-0.2, 0) is 4.79 Å². The summed E-state index contributed by atoms with van der Waals surface area (Å²) in [6, 6.07) is 1.16. The Morgan fingerprint density at radius 3 is 2.53 bits per heavy atom. The average Bonchev–Trinajstić information content (AvgIpc) is 2.73. The molecule has 1 saturated heterocycles. The van der Waals surface area contributed by atoms with Crippen molar-refractivity contribution in [2.24, 2.45) is 11.7 Å². The molecule has 1 heterocycles. The van der Waals surface area contributed by atoms with Crippen LogP contribution in [0.15, 0.2) is 0 Å². The fourth-order valence-corrected chi connectivity index (χ4v) is 3.74. The van der Waals surface area contributed by atoms with Crippen molar-refractivity contribution in [3.05, 3.63) is 0 Å². The Morgan fingerprint density at radius 2 is 1.89 bits per heavy atom. The van der Waals surface area contributed by atoms with Gasteiger partial charge in [0.05, 0.1) is 0 Å². The van der Waals surface area contributed by atoms with Crippen LogP contribution in [0.3, 0.4) is 0 Å². The van der Waals surface area contributed by atoms with Crippen LogP contribution in [-0.4, -0.2) is 28.9 Å². The van der Waals surface area contributed by atoms with Crippen LogP contribution >= 0.6 is 12.4 Å². The van der Waals surface area contributed by atoms with Gasteiger partial charge in [-0.2, -0.15) is 0 Å². The molecule has 2 N–H and O–H groups in total. The number of halogens is 1. The zero-order valence-electron chi connectivity index (χ0n) is 12.3. The molecule has 1 aliphatic carbocycles. The molecule has 1 amide bonds. The second kappa shape index (κ2) is 7.49. The van der Waals surface area contributed by atoms with Crippen molar-refractivity contribution >= 4 is 18.3 Å². The molecule has 0 bridgehead atoms. The van der Waals surface area contributed by atoms with Crippen molar-refractivity contribution in [1.82, 2.24) is 4.90 Å². The lowest BCUT2D eigenvalue weighted by atomic mass is 9.82. The Hall–Kier alpha value is -0.280. The van der Waals surface area contributed by atoms with Gasteiger partial charge in [-0.05, 0) is 44.9 Å². The van der Waals surface area contributed by atoms with Crippen molar-refractivity contribution in [3.8, 4) is 0 Å². The predicted octanol–water partition coefficient (Wildman–Crippen LogP) is 3.11. The number of amides is 1. The largest absolute Gasteiger partial charge is 0.337 e. The Morgan fingerprint density at radius 1 is 1.21 bits per heavy atom. The van der Waals surface area contributed by atoms with E-state index in [9.17, 15) is 4.79 Å². The van der Waals surface area contributed by atoms with E-state index in [0.29, 0.717) is 30.3 Å². The zero-order valence-corrected chi connectivity index (χ0v) is 13.1. The zero-order chi connectivity index (χ0) is 13.1. The molecule has 4 atom stereocenters. The predicted molar refractivity (Wildman–Crippen MR) is 81.4 cm³/mol. The second-order valence-electron chi connectivity index (χ2n) is 6.20. The third-order valence-electron chi connectivity index (χ3n) is 4.95. The van der Waals surface area contributed by atoms with Crippen LogP contribution < -0.4 is 5.73 Å². The fourth-order valence-electron chi connectivity index (χ4n) is 3.74. The minimum absolute atomic E-state index is 0. The van der Waals surface area contributed by atoms with E-state index in [4.69, 9.17) is 5.73 Å². The van der Waals surface area contributed by atoms with Crippen molar-refractivity contribution in [2.75, 3.05) is 0 Å². The molecule has 2 fully saturated rings. The number of hydrogen-bond donors (Lipinski definition) is 1. The lowest BCUT2D eigenvalue weighted by Crippen LogP contribution is -2.43. The highest BCUT2D eigenvalue weighted by molar-refractivity contribution is 5.85. The van der Waals surface area contributed by atoms with Gasteiger partial charge in [-0.15, -0.1) is 12.4 Å². The number of nitrogens with zero attached hydrogens (tertiary/aromatic N) is 1. The summed E-state index contributed by atoms with van der Waals surface area (Å²) < 4.78 is 0. The Kier molecular flexibility index (Phi) is 6.61. The fraction of sp³-hybridized carbons (Fsp3) is 0.933. The van der Waals surface area contributed by atoms with Crippen molar-refractivity contribution in [3.63, 3.8) is 0 Å². The van der Waals surface area contributed by atoms with Crippen molar-refractivity contribution in [2.45, 2.75) is 83.3 Å². The number of carbonyl (C=O) groups excluding carboxylic acids is 1. The second-order valence-corrected chi connectivity index (χ2v) is 6.20. The van der Waals surface area contributed by atoms with Crippen molar-refractivity contribution < 1.29 is 4.79 Å². The summed E-state index contributed by atoms with van der Waals surface area (Å²) in [7, 11) is 0. The monoisotopic (exact) mass is 288 g/mol. The summed E-state index contributed by atoms with van der Waals surface area (Å²) in [4.78, 5) is 14.7. The summed E-state index contributed by atoms with van der Waals surface area (Å²) in [5.41, 5.74) is 6.16. The molecular weight excluding hydrogens is 260 g/mol. The van der Waals surface area contributed by atoms with Crippen LogP contribution in [0.1, 0.15) is 65.2 Å². The van der Waals surface area contributed by atoms with Crippen LogP contribution in [0, 0.1) is 5.92 Å². The Bertz CT molecular complexity index is 298. The summed E-state index contributed by atoms with van der Waals surface area (Å²) in [5, 5.41) is 0. The third-order valence-corrected chi connectivity index (χ3v) is 4.95. The SMILES string of the molecule is CCC1CCC(C)N1C(=O)CC1CCCCC1N.Cl. The number of nitrogens with two attached hydrogens (primary N) is 1. The molecule has 1 saturated carbocycles. The highest BCUT2D eigenvalue weighted by Crippen LogP contribution is 2.31. The highest BCUT2D eigenvalue weighted by atomic mass is 35.5. The van der Waals surface area contributed by atoms with Gasteiger partial charge in [0, 0.05) is 24.5 Å². The molecule has 2 rings (SSSR count). The maximum absolute atomic E-state index is 12.5. The van der Waals surface area contributed by atoms with Gasteiger partial charge in [0.1, 0.15) is 0 Å². The minimum Gasteiger partial charge on any atom is -0.337 e. The Balaban J connectivity index is 0.00000180. The van der Waals surface area contributed by atoms with E-state index >= 15 is 0 Å². The number of hydrogen-bond acceptors (Lipinski definition) is 2. The summed E-state index contributed by atoms with van der Waals surface area (Å²) in [6.07, 6.45) is 8.86.